The number of rotatable bonds is 7. The fourth-order valence-electron chi connectivity index (χ4n) is 2.26. The Bertz CT molecular complexity index is 380. The van der Waals surface area contributed by atoms with Crippen LogP contribution in [0.15, 0.2) is 30.3 Å². The standard InChI is InChI=1S/C18H32N2/c1-7-18(6,14-19-17(3,4)5)15-20(8-2)16-12-10-9-11-13-16/h9-13,19H,7-8,14-15H2,1-6H3. The smallest absolute Gasteiger partial charge is 0.0366 e. The molecule has 1 unspecified atom stereocenters. The van der Waals surface area contributed by atoms with Crippen LogP contribution in [0.25, 0.3) is 0 Å². The second kappa shape index (κ2) is 7.12. The summed E-state index contributed by atoms with van der Waals surface area (Å²) >= 11 is 0. The predicted octanol–water partition coefficient (Wildman–Crippen LogP) is 4.32. The lowest BCUT2D eigenvalue weighted by Crippen LogP contribution is -2.47. The number of anilines is 1. The van der Waals surface area contributed by atoms with Gasteiger partial charge >= 0.3 is 0 Å². The highest BCUT2D eigenvalue weighted by Crippen LogP contribution is 2.25. The Kier molecular flexibility index (Phi) is 6.07. The van der Waals surface area contributed by atoms with Crippen molar-refractivity contribution in [1.82, 2.24) is 5.32 Å². The average molecular weight is 276 g/mol. The summed E-state index contributed by atoms with van der Waals surface area (Å²) in [7, 11) is 0. The van der Waals surface area contributed by atoms with Crippen molar-refractivity contribution < 1.29 is 0 Å². The molecule has 0 spiro atoms. The topological polar surface area (TPSA) is 15.3 Å². The van der Waals surface area contributed by atoms with Crippen LogP contribution in [0.2, 0.25) is 0 Å². The first-order chi connectivity index (χ1) is 9.29. The van der Waals surface area contributed by atoms with Gasteiger partial charge in [-0.15, -0.1) is 0 Å². The largest absolute Gasteiger partial charge is 0.371 e. The zero-order chi connectivity index (χ0) is 15.2. The van der Waals surface area contributed by atoms with Gasteiger partial charge in [0.05, 0.1) is 0 Å². The summed E-state index contributed by atoms with van der Waals surface area (Å²) in [5.74, 6) is 0. The van der Waals surface area contributed by atoms with Crippen molar-refractivity contribution in [2.75, 3.05) is 24.5 Å². The number of nitrogens with one attached hydrogen (secondary N) is 1. The molecule has 0 amide bonds. The van der Waals surface area contributed by atoms with Gasteiger partial charge < -0.3 is 10.2 Å². The van der Waals surface area contributed by atoms with E-state index in [1.54, 1.807) is 0 Å². The molecule has 1 N–H and O–H groups in total. The van der Waals surface area contributed by atoms with E-state index in [1.165, 1.54) is 12.1 Å². The summed E-state index contributed by atoms with van der Waals surface area (Å²) in [6, 6.07) is 10.7. The number of hydrogen-bond acceptors (Lipinski definition) is 2. The minimum Gasteiger partial charge on any atom is -0.371 e. The number of benzene rings is 1. The molecule has 0 aliphatic heterocycles. The van der Waals surface area contributed by atoms with Crippen LogP contribution in [0.4, 0.5) is 5.69 Å². The maximum Gasteiger partial charge on any atom is 0.0366 e. The Morgan fingerprint density at radius 2 is 1.60 bits per heavy atom. The second-order valence-electron chi connectivity index (χ2n) is 7.12. The molecule has 1 rings (SSSR count). The van der Waals surface area contributed by atoms with Crippen molar-refractivity contribution in [1.29, 1.82) is 0 Å². The molecule has 0 saturated carbocycles. The van der Waals surface area contributed by atoms with Crippen LogP contribution in [0.1, 0.15) is 48.0 Å². The molecule has 0 aliphatic carbocycles. The van der Waals surface area contributed by atoms with Crippen molar-refractivity contribution in [3.63, 3.8) is 0 Å². The molecule has 2 nitrogen and oxygen atoms in total. The molecular weight excluding hydrogens is 244 g/mol. The van der Waals surface area contributed by atoms with E-state index in [0.717, 1.165) is 19.6 Å². The highest BCUT2D eigenvalue weighted by molar-refractivity contribution is 5.46. The van der Waals surface area contributed by atoms with E-state index < -0.39 is 0 Å². The van der Waals surface area contributed by atoms with Crippen molar-refractivity contribution in [2.24, 2.45) is 5.41 Å². The molecule has 1 aromatic carbocycles. The van der Waals surface area contributed by atoms with E-state index in [-0.39, 0.29) is 5.54 Å². The third-order valence-corrected chi connectivity index (χ3v) is 3.97. The molecule has 0 bridgehead atoms. The van der Waals surface area contributed by atoms with E-state index in [1.807, 2.05) is 0 Å². The van der Waals surface area contributed by atoms with Crippen LogP contribution in [-0.4, -0.2) is 25.2 Å². The highest BCUT2D eigenvalue weighted by Gasteiger charge is 2.26. The van der Waals surface area contributed by atoms with E-state index in [2.05, 4.69) is 82.1 Å². The van der Waals surface area contributed by atoms with Crippen LogP contribution in [-0.2, 0) is 0 Å². The SMILES string of the molecule is CCN(CC(C)(CC)CNC(C)(C)C)c1ccccc1. The van der Waals surface area contributed by atoms with Crippen LogP contribution in [0.3, 0.4) is 0 Å². The normalized spacial score (nSPS) is 14.9. The summed E-state index contributed by atoms with van der Waals surface area (Å²) in [5.41, 5.74) is 1.80. The van der Waals surface area contributed by atoms with Gasteiger partial charge in [-0.3, -0.25) is 0 Å². The van der Waals surface area contributed by atoms with E-state index >= 15 is 0 Å². The Morgan fingerprint density at radius 1 is 1.00 bits per heavy atom. The molecular formula is C18H32N2. The zero-order valence-corrected chi connectivity index (χ0v) is 14.2. The number of hydrogen-bond donors (Lipinski definition) is 1. The molecule has 0 heterocycles. The van der Waals surface area contributed by atoms with E-state index in [4.69, 9.17) is 0 Å². The minimum atomic E-state index is 0.181. The summed E-state index contributed by atoms with van der Waals surface area (Å²) < 4.78 is 0. The Hall–Kier alpha value is -1.02. The monoisotopic (exact) mass is 276 g/mol. The molecule has 0 aliphatic rings. The molecule has 0 fully saturated rings. The molecule has 20 heavy (non-hydrogen) atoms. The zero-order valence-electron chi connectivity index (χ0n) is 14.2. The van der Waals surface area contributed by atoms with Gasteiger partial charge in [-0.25, -0.2) is 0 Å². The van der Waals surface area contributed by atoms with Crippen LogP contribution >= 0.6 is 0 Å². The Labute approximate surface area is 125 Å². The molecule has 2 heteroatoms. The van der Waals surface area contributed by atoms with E-state index in [9.17, 15) is 0 Å². The lowest BCUT2D eigenvalue weighted by molar-refractivity contribution is 0.260. The van der Waals surface area contributed by atoms with Gasteiger partial charge in [0.15, 0.2) is 0 Å². The average Bonchev–Trinajstić information content (AvgIpc) is 2.43. The van der Waals surface area contributed by atoms with Gasteiger partial charge in [0.1, 0.15) is 0 Å². The third kappa shape index (κ3) is 5.54. The quantitative estimate of drug-likeness (QED) is 0.798. The Morgan fingerprint density at radius 3 is 2.05 bits per heavy atom. The fraction of sp³-hybridized carbons (Fsp3) is 0.667. The van der Waals surface area contributed by atoms with Crippen molar-refractivity contribution in [3.8, 4) is 0 Å². The van der Waals surface area contributed by atoms with E-state index in [0.29, 0.717) is 5.41 Å². The first kappa shape index (κ1) is 17.0. The lowest BCUT2D eigenvalue weighted by Gasteiger charge is -2.38. The van der Waals surface area contributed by atoms with Crippen molar-refractivity contribution in [3.05, 3.63) is 30.3 Å². The van der Waals surface area contributed by atoms with Crippen molar-refractivity contribution in [2.45, 2.75) is 53.5 Å². The van der Waals surface area contributed by atoms with Gasteiger partial charge in [-0.05, 0) is 51.7 Å². The highest BCUT2D eigenvalue weighted by atomic mass is 15.1. The first-order valence-corrected chi connectivity index (χ1v) is 7.85. The second-order valence-corrected chi connectivity index (χ2v) is 7.12. The van der Waals surface area contributed by atoms with Gasteiger partial charge in [-0.1, -0.05) is 32.0 Å². The first-order valence-electron chi connectivity index (χ1n) is 7.85. The summed E-state index contributed by atoms with van der Waals surface area (Å²) in [5, 5.41) is 3.67. The molecule has 114 valence electrons. The van der Waals surface area contributed by atoms with Crippen LogP contribution < -0.4 is 10.2 Å². The number of nitrogens with zero attached hydrogens (tertiary/aromatic N) is 1. The maximum atomic E-state index is 3.67. The predicted molar refractivity (Wildman–Crippen MR) is 90.5 cm³/mol. The van der Waals surface area contributed by atoms with Crippen LogP contribution in [0.5, 0.6) is 0 Å². The van der Waals surface area contributed by atoms with Gasteiger partial charge in [0, 0.05) is 30.9 Å². The third-order valence-electron chi connectivity index (χ3n) is 3.97. The molecule has 1 atom stereocenters. The fourth-order valence-corrected chi connectivity index (χ4v) is 2.26. The molecule has 0 radical (unpaired) electrons. The van der Waals surface area contributed by atoms with Crippen molar-refractivity contribution >= 4 is 5.69 Å². The van der Waals surface area contributed by atoms with Crippen LogP contribution in [0, 0.1) is 5.41 Å². The lowest BCUT2D eigenvalue weighted by atomic mass is 9.85. The van der Waals surface area contributed by atoms with Gasteiger partial charge in [0.25, 0.3) is 0 Å². The molecule has 0 saturated heterocycles. The molecule has 0 aromatic heterocycles. The van der Waals surface area contributed by atoms with Gasteiger partial charge in [-0.2, -0.15) is 0 Å². The molecule has 1 aromatic rings. The minimum absolute atomic E-state index is 0.181. The van der Waals surface area contributed by atoms with Gasteiger partial charge in [0.2, 0.25) is 0 Å². The summed E-state index contributed by atoms with van der Waals surface area (Å²) in [6.07, 6.45) is 1.18. The summed E-state index contributed by atoms with van der Waals surface area (Å²) in [6.45, 7) is 16.8. The maximum absolute atomic E-state index is 3.67. The Balaban J connectivity index is 2.74. The summed E-state index contributed by atoms with van der Waals surface area (Å²) in [4.78, 5) is 2.48. The number of para-hydroxylation sites is 1.